The first-order valence-corrected chi connectivity index (χ1v) is 6.12. The number of rotatable bonds is 4. The van der Waals surface area contributed by atoms with Crippen molar-refractivity contribution in [3.8, 4) is 11.5 Å². The van der Waals surface area contributed by atoms with Gasteiger partial charge < -0.3 is 4.74 Å². The van der Waals surface area contributed by atoms with Gasteiger partial charge in [0.25, 0.3) is 5.69 Å². The molecule has 2 aromatic carbocycles. The SMILES string of the molecule is CC(=O)c1cc(Oc2ccc(F)c(C)c2)ccc1[N+](=O)[O-]. The standard InChI is InChI=1S/C15H12FNO4/c1-9-7-11(3-5-14(9)16)21-12-4-6-15(17(19)20)13(8-12)10(2)18/h3-8H,1-2H3. The lowest BCUT2D eigenvalue weighted by Gasteiger charge is -2.08. The van der Waals surface area contributed by atoms with Crippen molar-refractivity contribution in [2.45, 2.75) is 13.8 Å². The number of benzene rings is 2. The summed E-state index contributed by atoms with van der Waals surface area (Å²) < 4.78 is 18.7. The summed E-state index contributed by atoms with van der Waals surface area (Å²) in [5, 5.41) is 10.8. The van der Waals surface area contributed by atoms with Gasteiger partial charge in [-0.15, -0.1) is 0 Å². The average molecular weight is 289 g/mol. The summed E-state index contributed by atoms with van der Waals surface area (Å²) in [5.74, 6) is -0.119. The van der Waals surface area contributed by atoms with Crippen molar-refractivity contribution in [3.05, 3.63) is 63.5 Å². The van der Waals surface area contributed by atoms with Crippen molar-refractivity contribution >= 4 is 11.5 Å². The largest absolute Gasteiger partial charge is 0.457 e. The second-order valence-corrected chi connectivity index (χ2v) is 4.51. The molecule has 0 aliphatic heterocycles. The first-order chi connectivity index (χ1) is 9.88. The van der Waals surface area contributed by atoms with E-state index in [4.69, 9.17) is 4.74 Å². The number of nitrogens with zero attached hydrogens (tertiary/aromatic N) is 1. The van der Waals surface area contributed by atoms with E-state index in [1.165, 1.54) is 43.3 Å². The number of Topliss-reactive ketones (excluding diaryl/α,β-unsaturated/α-hetero) is 1. The number of aryl methyl sites for hydroxylation is 1. The Morgan fingerprint density at radius 1 is 1.19 bits per heavy atom. The minimum Gasteiger partial charge on any atom is -0.457 e. The molecule has 0 aliphatic rings. The van der Waals surface area contributed by atoms with Gasteiger partial charge in [0.15, 0.2) is 5.78 Å². The van der Waals surface area contributed by atoms with Crippen LogP contribution in [0.15, 0.2) is 36.4 Å². The normalized spacial score (nSPS) is 10.2. The van der Waals surface area contributed by atoms with Crippen molar-refractivity contribution in [2.24, 2.45) is 0 Å². The van der Waals surface area contributed by atoms with Gasteiger partial charge in [0.2, 0.25) is 0 Å². The van der Waals surface area contributed by atoms with Gasteiger partial charge in [-0.1, -0.05) is 0 Å². The van der Waals surface area contributed by atoms with E-state index in [0.29, 0.717) is 11.3 Å². The van der Waals surface area contributed by atoms with Crippen LogP contribution >= 0.6 is 0 Å². The number of carbonyl (C=O) groups is 1. The topological polar surface area (TPSA) is 69.4 Å². The van der Waals surface area contributed by atoms with E-state index in [1.807, 2.05) is 0 Å². The summed E-state index contributed by atoms with van der Waals surface area (Å²) >= 11 is 0. The van der Waals surface area contributed by atoms with Crippen molar-refractivity contribution in [3.63, 3.8) is 0 Å². The summed E-state index contributed by atoms with van der Waals surface area (Å²) in [6.45, 7) is 2.84. The molecule has 2 aromatic rings. The van der Waals surface area contributed by atoms with Crippen molar-refractivity contribution < 1.29 is 18.8 Å². The third-order valence-electron chi connectivity index (χ3n) is 2.91. The van der Waals surface area contributed by atoms with E-state index >= 15 is 0 Å². The second kappa shape index (κ2) is 5.70. The van der Waals surface area contributed by atoms with Crippen LogP contribution in [0.3, 0.4) is 0 Å². The van der Waals surface area contributed by atoms with Gasteiger partial charge in [0.1, 0.15) is 17.3 Å². The number of nitro groups is 1. The Kier molecular flexibility index (Phi) is 3.98. The predicted molar refractivity (Wildman–Crippen MR) is 74.3 cm³/mol. The van der Waals surface area contributed by atoms with Crippen molar-refractivity contribution in [1.29, 1.82) is 0 Å². The monoisotopic (exact) mass is 289 g/mol. The number of nitro benzene ring substituents is 1. The zero-order chi connectivity index (χ0) is 15.6. The second-order valence-electron chi connectivity index (χ2n) is 4.51. The molecule has 0 unspecified atom stereocenters. The van der Waals surface area contributed by atoms with E-state index in [9.17, 15) is 19.3 Å². The Hall–Kier alpha value is -2.76. The first kappa shape index (κ1) is 14.6. The molecule has 0 fully saturated rings. The van der Waals surface area contributed by atoms with E-state index in [0.717, 1.165) is 0 Å². The Bertz CT molecular complexity index is 728. The van der Waals surface area contributed by atoms with Gasteiger partial charge >= 0.3 is 0 Å². The molecule has 0 radical (unpaired) electrons. The van der Waals surface area contributed by atoms with Crippen LogP contribution in [-0.2, 0) is 0 Å². The van der Waals surface area contributed by atoms with Gasteiger partial charge in [-0.25, -0.2) is 4.39 Å². The molecule has 0 bridgehead atoms. The molecule has 0 N–H and O–H groups in total. The summed E-state index contributed by atoms with van der Waals surface area (Å²) in [7, 11) is 0. The fraction of sp³-hybridized carbons (Fsp3) is 0.133. The third kappa shape index (κ3) is 3.22. The van der Waals surface area contributed by atoms with E-state index in [2.05, 4.69) is 0 Å². The lowest BCUT2D eigenvalue weighted by atomic mass is 10.1. The third-order valence-corrected chi connectivity index (χ3v) is 2.91. The molecular weight excluding hydrogens is 277 g/mol. The maximum absolute atomic E-state index is 13.2. The summed E-state index contributed by atoms with van der Waals surface area (Å²) in [6, 6.07) is 8.12. The van der Waals surface area contributed by atoms with Crippen LogP contribution in [0.5, 0.6) is 11.5 Å². The molecule has 0 aromatic heterocycles. The van der Waals surface area contributed by atoms with Crippen LogP contribution in [0, 0.1) is 22.9 Å². The molecular formula is C15H12FNO4. The van der Waals surface area contributed by atoms with Crippen LogP contribution in [-0.4, -0.2) is 10.7 Å². The Balaban J connectivity index is 2.36. The Labute approximate surface area is 120 Å². The minimum atomic E-state index is -0.622. The highest BCUT2D eigenvalue weighted by Crippen LogP contribution is 2.28. The number of halogens is 1. The van der Waals surface area contributed by atoms with Gasteiger partial charge in [-0.05, 0) is 49.7 Å². The number of hydrogen-bond donors (Lipinski definition) is 0. The summed E-state index contributed by atoms with van der Waals surface area (Å²) in [5.41, 5.74) is 0.114. The molecule has 0 spiro atoms. The van der Waals surface area contributed by atoms with E-state index < -0.39 is 10.7 Å². The Morgan fingerprint density at radius 2 is 1.81 bits per heavy atom. The van der Waals surface area contributed by atoms with Gasteiger partial charge in [-0.2, -0.15) is 0 Å². The van der Waals surface area contributed by atoms with Crippen LogP contribution in [0.4, 0.5) is 10.1 Å². The molecule has 5 nitrogen and oxygen atoms in total. The van der Waals surface area contributed by atoms with Gasteiger partial charge in [-0.3, -0.25) is 14.9 Å². The van der Waals surface area contributed by atoms with E-state index in [-0.39, 0.29) is 22.8 Å². The molecule has 2 rings (SSSR count). The quantitative estimate of drug-likeness (QED) is 0.484. The van der Waals surface area contributed by atoms with Crippen molar-refractivity contribution in [2.75, 3.05) is 0 Å². The highest BCUT2D eigenvalue weighted by Gasteiger charge is 2.18. The molecule has 0 aliphatic carbocycles. The molecule has 21 heavy (non-hydrogen) atoms. The maximum Gasteiger partial charge on any atom is 0.280 e. The maximum atomic E-state index is 13.2. The molecule has 0 atom stereocenters. The lowest BCUT2D eigenvalue weighted by molar-refractivity contribution is -0.385. The fourth-order valence-electron chi connectivity index (χ4n) is 1.84. The lowest BCUT2D eigenvalue weighted by Crippen LogP contribution is -2.00. The number of hydrogen-bond acceptors (Lipinski definition) is 4. The number of ether oxygens (including phenoxy) is 1. The van der Waals surface area contributed by atoms with Crippen LogP contribution < -0.4 is 4.74 Å². The van der Waals surface area contributed by atoms with Gasteiger partial charge in [0.05, 0.1) is 10.5 Å². The zero-order valence-electron chi connectivity index (χ0n) is 11.4. The van der Waals surface area contributed by atoms with E-state index in [1.54, 1.807) is 6.92 Å². The first-order valence-electron chi connectivity index (χ1n) is 6.12. The molecule has 108 valence electrons. The highest BCUT2D eigenvalue weighted by molar-refractivity contribution is 5.98. The fourth-order valence-corrected chi connectivity index (χ4v) is 1.84. The zero-order valence-corrected chi connectivity index (χ0v) is 11.4. The summed E-state index contributed by atoms with van der Waals surface area (Å²) in [4.78, 5) is 21.7. The number of ketones is 1. The molecule has 0 amide bonds. The van der Waals surface area contributed by atoms with Crippen LogP contribution in [0.2, 0.25) is 0 Å². The smallest absolute Gasteiger partial charge is 0.280 e. The molecule has 6 heteroatoms. The van der Waals surface area contributed by atoms with Crippen LogP contribution in [0.25, 0.3) is 0 Å². The Morgan fingerprint density at radius 3 is 2.38 bits per heavy atom. The molecule has 0 saturated carbocycles. The van der Waals surface area contributed by atoms with Crippen LogP contribution in [0.1, 0.15) is 22.8 Å². The molecule has 0 heterocycles. The van der Waals surface area contributed by atoms with Crippen molar-refractivity contribution in [1.82, 2.24) is 0 Å². The summed E-state index contributed by atoms with van der Waals surface area (Å²) in [6.07, 6.45) is 0. The highest BCUT2D eigenvalue weighted by atomic mass is 19.1. The molecule has 0 saturated heterocycles. The average Bonchev–Trinajstić information content (AvgIpc) is 2.42. The minimum absolute atomic E-state index is 0.0312. The predicted octanol–water partition coefficient (Wildman–Crippen LogP) is 4.04. The number of carbonyl (C=O) groups excluding carboxylic acids is 1. The van der Waals surface area contributed by atoms with Gasteiger partial charge in [0, 0.05) is 6.07 Å².